The lowest BCUT2D eigenvalue weighted by molar-refractivity contribution is 0.102. The Hall–Kier alpha value is -2.17. The highest BCUT2D eigenvalue weighted by Crippen LogP contribution is 2.25. The number of benzene rings is 1. The molecular weight excluding hydrogens is 254 g/mol. The zero-order valence-electron chi connectivity index (χ0n) is 10.7. The highest BCUT2D eigenvalue weighted by molar-refractivity contribution is 6.10. The summed E-state index contributed by atoms with van der Waals surface area (Å²) in [7, 11) is 1.29. The number of hydrogen-bond acceptors (Lipinski definition) is 3. The highest BCUT2D eigenvalue weighted by Gasteiger charge is 2.23. The molecule has 1 heterocycles. The summed E-state index contributed by atoms with van der Waals surface area (Å²) in [5, 5.41) is 0. The van der Waals surface area contributed by atoms with E-state index in [0.717, 1.165) is 12.1 Å². The van der Waals surface area contributed by atoms with Gasteiger partial charge in [-0.2, -0.15) is 0 Å². The number of carbonyl (C=O) groups is 1. The van der Waals surface area contributed by atoms with E-state index < -0.39 is 23.0 Å². The molecule has 0 aliphatic rings. The highest BCUT2D eigenvalue weighted by atomic mass is 19.1. The number of halogens is 2. The van der Waals surface area contributed by atoms with Gasteiger partial charge in [0, 0.05) is 12.1 Å². The Morgan fingerprint density at radius 1 is 1.16 bits per heavy atom. The predicted molar refractivity (Wildman–Crippen MR) is 64.5 cm³/mol. The molecular formula is C14H12F2O3. The quantitative estimate of drug-likeness (QED) is 0.799. The number of furan rings is 1. The van der Waals surface area contributed by atoms with Crippen LogP contribution in [0.4, 0.5) is 8.78 Å². The number of ether oxygens (including phenoxy) is 1. The molecule has 0 bridgehead atoms. The first-order valence-electron chi connectivity index (χ1n) is 5.58. The summed E-state index contributed by atoms with van der Waals surface area (Å²) in [6.45, 7) is 3.23. The number of aryl methyl sites for hydroxylation is 2. The largest absolute Gasteiger partial charge is 0.497 e. The molecule has 0 fully saturated rings. The minimum Gasteiger partial charge on any atom is -0.497 e. The van der Waals surface area contributed by atoms with Crippen LogP contribution in [-0.2, 0) is 0 Å². The van der Waals surface area contributed by atoms with Crippen molar-refractivity contribution in [2.45, 2.75) is 13.8 Å². The first kappa shape index (κ1) is 13.3. The maximum Gasteiger partial charge on any atom is 0.202 e. The lowest BCUT2D eigenvalue weighted by Crippen LogP contribution is -2.08. The SMILES string of the molecule is COc1cc(F)c(C(=O)c2cc(C)oc2C)c(F)c1. The lowest BCUT2D eigenvalue weighted by Gasteiger charge is -2.06. The van der Waals surface area contributed by atoms with Gasteiger partial charge in [0.25, 0.3) is 0 Å². The molecule has 5 heteroatoms. The van der Waals surface area contributed by atoms with E-state index in [2.05, 4.69) is 0 Å². The summed E-state index contributed by atoms with van der Waals surface area (Å²) in [5.41, 5.74) is -0.454. The van der Waals surface area contributed by atoms with Crippen molar-refractivity contribution in [3.8, 4) is 5.75 Å². The second-order valence-electron chi connectivity index (χ2n) is 4.12. The minimum absolute atomic E-state index is 0.0200. The molecule has 0 radical (unpaired) electrons. The summed E-state index contributed by atoms with van der Waals surface area (Å²) in [6.07, 6.45) is 0. The molecule has 0 spiro atoms. The van der Waals surface area contributed by atoms with E-state index in [4.69, 9.17) is 9.15 Å². The predicted octanol–water partition coefficient (Wildman–Crippen LogP) is 3.41. The van der Waals surface area contributed by atoms with Crippen LogP contribution in [-0.4, -0.2) is 12.9 Å². The Bertz CT molecular complexity index is 621. The van der Waals surface area contributed by atoms with Gasteiger partial charge in [0.15, 0.2) is 0 Å². The van der Waals surface area contributed by atoms with Crippen molar-refractivity contribution >= 4 is 5.78 Å². The molecule has 1 aromatic carbocycles. The van der Waals surface area contributed by atoms with Gasteiger partial charge < -0.3 is 9.15 Å². The molecule has 0 unspecified atom stereocenters. The Balaban J connectivity index is 2.53. The Labute approximate surface area is 108 Å². The molecule has 0 amide bonds. The molecule has 2 aromatic rings. The fourth-order valence-corrected chi connectivity index (χ4v) is 1.88. The standard InChI is InChI=1S/C14H12F2O3/c1-7-4-10(8(2)19-7)14(17)13-11(15)5-9(18-3)6-12(13)16/h4-6H,1-3H3. The third-order valence-corrected chi connectivity index (χ3v) is 2.76. The number of carbonyl (C=O) groups excluding carboxylic acids is 1. The van der Waals surface area contributed by atoms with Crippen LogP contribution in [0.25, 0.3) is 0 Å². The number of ketones is 1. The third-order valence-electron chi connectivity index (χ3n) is 2.76. The minimum atomic E-state index is -0.958. The van der Waals surface area contributed by atoms with Crippen LogP contribution in [0.3, 0.4) is 0 Å². The molecule has 2 rings (SSSR count). The van der Waals surface area contributed by atoms with Gasteiger partial charge in [-0.3, -0.25) is 4.79 Å². The molecule has 0 saturated heterocycles. The molecule has 19 heavy (non-hydrogen) atoms. The van der Waals surface area contributed by atoms with Crippen LogP contribution in [0.5, 0.6) is 5.75 Å². The van der Waals surface area contributed by atoms with Crippen LogP contribution < -0.4 is 4.74 Å². The summed E-state index contributed by atoms with van der Waals surface area (Å²) in [5.74, 6) is -1.80. The Morgan fingerprint density at radius 2 is 1.74 bits per heavy atom. The first-order valence-corrected chi connectivity index (χ1v) is 5.58. The van der Waals surface area contributed by atoms with Gasteiger partial charge >= 0.3 is 0 Å². The summed E-state index contributed by atoms with van der Waals surface area (Å²) >= 11 is 0. The molecule has 0 atom stereocenters. The normalized spacial score (nSPS) is 10.6. The van der Waals surface area contributed by atoms with Crippen molar-refractivity contribution < 1.29 is 22.7 Å². The van der Waals surface area contributed by atoms with Crippen LogP contribution in [0.1, 0.15) is 27.4 Å². The van der Waals surface area contributed by atoms with Gasteiger partial charge in [-0.05, 0) is 19.9 Å². The molecule has 3 nitrogen and oxygen atoms in total. The molecule has 100 valence electrons. The lowest BCUT2D eigenvalue weighted by atomic mass is 10.0. The van der Waals surface area contributed by atoms with E-state index in [9.17, 15) is 13.6 Å². The zero-order valence-corrected chi connectivity index (χ0v) is 10.7. The maximum absolute atomic E-state index is 13.8. The van der Waals surface area contributed by atoms with E-state index in [1.807, 2.05) is 0 Å². The van der Waals surface area contributed by atoms with Crippen molar-refractivity contribution in [1.29, 1.82) is 0 Å². The van der Waals surface area contributed by atoms with Gasteiger partial charge in [-0.1, -0.05) is 0 Å². The number of hydrogen-bond donors (Lipinski definition) is 0. The first-order chi connectivity index (χ1) is 8.93. The van der Waals surface area contributed by atoms with Crippen molar-refractivity contribution in [3.63, 3.8) is 0 Å². The van der Waals surface area contributed by atoms with Crippen LogP contribution >= 0.6 is 0 Å². The van der Waals surface area contributed by atoms with Gasteiger partial charge in [-0.15, -0.1) is 0 Å². The van der Waals surface area contributed by atoms with Gasteiger partial charge in [0.2, 0.25) is 5.78 Å². The van der Waals surface area contributed by atoms with E-state index in [1.54, 1.807) is 13.8 Å². The average molecular weight is 266 g/mol. The molecule has 0 N–H and O–H groups in total. The van der Waals surface area contributed by atoms with Crippen molar-refractivity contribution in [2.75, 3.05) is 7.11 Å². The molecule has 0 aliphatic heterocycles. The van der Waals surface area contributed by atoms with E-state index in [0.29, 0.717) is 11.5 Å². The number of methoxy groups -OCH3 is 1. The van der Waals surface area contributed by atoms with Gasteiger partial charge in [-0.25, -0.2) is 8.78 Å². The topological polar surface area (TPSA) is 39.4 Å². The summed E-state index contributed by atoms with van der Waals surface area (Å²) < 4.78 is 37.5. The molecule has 0 aliphatic carbocycles. The molecule has 1 aromatic heterocycles. The average Bonchev–Trinajstić information content (AvgIpc) is 2.67. The van der Waals surface area contributed by atoms with Gasteiger partial charge in [0.05, 0.1) is 18.2 Å². The van der Waals surface area contributed by atoms with Crippen molar-refractivity contribution in [3.05, 3.63) is 52.5 Å². The van der Waals surface area contributed by atoms with E-state index in [-0.39, 0.29) is 11.3 Å². The number of rotatable bonds is 3. The smallest absolute Gasteiger partial charge is 0.202 e. The van der Waals surface area contributed by atoms with Crippen LogP contribution in [0.15, 0.2) is 22.6 Å². The zero-order chi connectivity index (χ0) is 14.2. The third kappa shape index (κ3) is 2.36. The fourth-order valence-electron chi connectivity index (χ4n) is 1.88. The van der Waals surface area contributed by atoms with Crippen molar-refractivity contribution in [2.24, 2.45) is 0 Å². The fraction of sp³-hybridized carbons (Fsp3) is 0.214. The Kier molecular flexibility index (Phi) is 3.38. The van der Waals surface area contributed by atoms with Crippen molar-refractivity contribution in [1.82, 2.24) is 0 Å². The second kappa shape index (κ2) is 4.84. The molecule has 0 saturated carbocycles. The second-order valence-corrected chi connectivity index (χ2v) is 4.12. The van der Waals surface area contributed by atoms with Gasteiger partial charge in [0.1, 0.15) is 28.9 Å². The Morgan fingerprint density at radius 3 is 2.16 bits per heavy atom. The summed E-state index contributed by atoms with van der Waals surface area (Å²) in [6, 6.07) is 3.40. The summed E-state index contributed by atoms with van der Waals surface area (Å²) in [4.78, 5) is 12.1. The monoisotopic (exact) mass is 266 g/mol. The van der Waals surface area contributed by atoms with Crippen LogP contribution in [0.2, 0.25) is 0 Å². The van der Waals surface area contributed by atoms with Crippen LogP contribution in [0, 0.1) is 25.5 Å². The van der Waals surface area contributed by atoms with E-state index in [1.165, 1.54) is 13.2 Å². The van der Waals surface area contributed by atoms with E-state index >= 15 is 0 Å². The maximum atomic E-state index is 13.8.